The number of aliphatic carboxylic acids is 2. The Labute approximate surface area is 134 Å². The third kappa shape index (κ3) is 7.59. The number of rotatable bonds is 10. The van der Waals surface area contributed by atoms with Gasteiger partial charge in [0, 0.05) is 6.42 Å². The minimum atomic E-state index is -1.15. The maximum atomic E-state index is 12.0. The number of amides is 2. The molecule has 0 rings (SSSR count). The van der Waals surface area contributed by atoms with Gasteiger partial charge in [0.25, 0.3) is 0 Å². The van der Waals surface area contributed by atoms with Crippen LogP contribution in [0.25, 0.3) is 0 Å². The summed E-state index contributed by atoms with van der Waals surface area (Å²) in [5.74, 6) is -3.79. The quantitative estimate of drug-likeness (QED) is 0.354. The van der Waals surface area contributed by atoms with E-state index < -0.39 is 41.9 Å². The van der Waals surface area contributed by atoms with Gasteiger partial charge in [-0.25, -0.2) is 4.79 Å². The Kier molecular flexibility index (Phi) is 8.86. The van der Waals surface area contributed by atoms with E-state index in [4.69, 9.17) is 15.9 Å². The number of carbonyl (C=O) groups excluding carboxylic acids is 2. The Morgan fingerprint density at radius 2 is 1.61 bits per heavy atom. The molecule has 0 heterocycles. The van der Waals surface area contributed by atoms with Crippen molar-refractivity contribution in [3.05, 3.63) is 0 Å². The minimum absolute atomic E-state index is 0.0554. The van der Waals surface area contributed by atoms with E-state index in [2.05, 4.69) is 10.6 Å². The monoisotopic (exact) mass is 331 g/mol. The van der Waals surface area contributed by atoms with Gasteiger partial charge in [0.15, 0.2) is 0 Å². The molecule has 0 fully saturated rings. The Morgan fingerprint density at radius 3 is 2.04 bits per heavy atom. The number of nitrogens with one attached hydrogen (secondary N) is 2. The molecule has 0 bridgehead atoms. The van der Waals surface area contributed by atoms with Crippen LogP contribution in [0.2, 0.25) is 0 Å². The average Bonchev–Trinajstić information content (AvgIpc) is 2.48. The smallest absolute Gasteiger partial charge is 0.326 e. The van der Waals surface area contributed by atoms with Crippen LogP contribution in [0.3, 0.4) is 0 Å². The summed E-state index contributed by atoms with van der Waals surface area (Å²) < 4.78 is 0. The maximum Gasteiger partial charge on any atom is 0.326 e. The lowest BCUT2D eigenvalue weighted by Crippen LogP contribution is -2.54. The summed E-state index contributed by atoms with van der Waals surface area (Å²) >= 11 is 0. The summed E-state index contributed by atoms with van der Waals surface area (Å²) in [5, 5.41) is 22.4. The van der Waals surface area contributed by atoms with Crippen molar-refractivity contribution in [3.8, 4) is 0 Å². The zero-order valence-electron chi connectivity index (χ0n) is 13.5. The molecule has 23 heavy (non-hydrogen) atoms. The largest absolute Gasteiger partial charge is 0.481 e. The highest BCUT2D eigenvalue weighted by molar-refractivity contribution is 5.91. The van der Waals surface area contributed by atoms with Crippen molar-refractivity contribution in [1.82, 2.24) is 10.6 Å². The normalized spacial score (nSPS) is 15.8. The van der Waals surface area contributed by atoms with Gasteiger partial charge in [-0.3, -0.25) is 14.4 Å². The molecule has 6 N–H and O–H groups in total. The molecular formula is C14H25N3O6. The molecule has 0 saturated heterocycles. The lowest BCUT2D eigenvalue weighted by molar-refractivity contribution is -0.143. The standard InChI is InChI=1S/C14H25N3O6/c1-4-7(2)11(14(22)23)17-12(20)8(3)16-13(21)9(15)5-6-10(18)19/h7-9,11H,4-6,15H2,1-3H3,(H,16,21)(H,17,20)(H,18,19)(H,22,23). The first kappa shape index (κ1) is 20.8. The van der Waals surface area contributed by atoms with Gasteiger partial charge in [0.05, 0.1) is 6.04 Å². The molecule has 0 radical (unpaired) electrons. The fourth-order valence-electron chi connectivity index (χ4n) is 1.76. The topological polar surface area (TPSA) is 159 Å². The van der Waals surface area contributed by atoms with E-state index >= 15 is 0 Å². The molecule has 2 amide bonds. The van der Waals surface area contributed by atoms with Crippen molar-refractivity contribution >= 4 is 23.8 Å². The lowest BCUT2D eigenvalue weighted by Gasteiger charge is -2.23. The van der Waals surface area contributed by atoms with Gasteiger partial charge < -0.3 is 26.6 Å². The molecule has 9 heteroatoms. The Hall–Kier alpha value is -2.16. The highest BCUT2D eigenvalue weighted by Gasteiger charge is 2.28. The van der Waals surface area contributed by atoms with E-state index in [1.807, 2.05) is 0 Å². The second kappa shape index (κ2) is 9.78. The summed E-state index contributed by atoms with van der Waals surface area (Å²) in [7, 11) is 0. The van der Waals surface area contributed by atoms with Crippen molar-refractivity contribution in [2.75, 3.05) is 0 Å². The minimum Gasteiger partial charge on any atom is -0.481 e. The molecule has 0 saturated carbocycles. The molecule has 9 nitrogen and oxygen atoms in total. The first-order chi connectivity index (χ1) is 10.6. The maximum absolute atomic E-state index is 12.0. The van der Waals surface area contributed by atoms with Gasteiger partial charge in [-0.05, 0) is 19.3 Å². The van der Waals surface area contributed by atoms with Crippen LogP contribution in [0.15, 0.2) is 0 Å². The second-order valence-corrected chi connectivity index (χ2v) is 5.48. The molecule has 0 spiro atoms. The van der Waals surface area contributed by atoms with E-state index in [-0.39, 0.29) is 18.8 Å². The Balaban J connectivity index is 4.56. The molecular weight excluding hydrogens is 306 g/mol. The third-order valence-electron chi connectivity index (χ3n) is 3.53. The van der Waals surface area contributed by atoms with Crippen LogP contribution in [0.1, 0.15) is 40.0 Å². The zero-order chi connectivity index (χ0) is 18.2. The number of carbonyl (C=O) groups is 4. The fourth-order valence-corrected chi connectivity index (χ4v) is 1.76. The molecule has 0 aromatic carbocycles. The Bertz CT molecular complexity index is 454. The van der Waals surface area contributed by atoms with E-state index in [1.54, 1.807) is 13.8 Å². The first-order valence-corrected chi connectivity index (χ1v) is 7.41. The van der Waals surface area contributed by atoms with Gasteiger partial charge in [0.1, 0.15) is 12.1 Å². The molecule has 0 aliphatic rings. The van der Waals surface area contributed by atoms with E-state index in [9.17, 15) is 19.2 Å². The van der Waals surface area contributed by atoms with Crippen LogP contribution in [0.5, 0.6) is 0 Å². The first-order valence-electron chi connectivity index (χ1n) is 7.41. The second-order valence-electron chi connectivity index (χ2n) is 5.48. The summed E-state index contributed by atoms with van der Waals surface area (Å²) in [4.78, 5) is 45.3. The number of nitrogens with two attached hydrogens (primary N) is 1. The predicted molar refractivity (Wildman–Crippen MR) is 81.5 cm³/mol. The number of hydrogen-bond acceptors (Lipinski definition) is 5. The van der Waals surface area contributed by atoms with Crippen molar-refractivity contribution in [1.29, 1.82) is 0 Å². The summed E-state index contributed by atoms with van der Waals surface area (Å²) in [6.07, 6.45) is 0.252. The molecule has 4 atom stereocenters. The molecule has 0 aromatic rings. The van der Waals surface area contributed by atoms with E-state index in [0.717, 1.165) is 0 Å². The zero-order valence-corrected chi connectivity index (χ0v) is 13.5. The van der Waals surface area contributed by atoms with E-state index in [0.29, 0.717) is 6.42 Å². The SMILES string of the molecule is CCC(C)C(NC(=O)C(C)NC(=O)C(N)CCC(=O)O)C(=O)O. The predicted octanol–water partition coefficient (Wildman–Crippen LogP) is -0.701. The molecule has 132 valence electrons. The van der Waals surface area contributed by atoms with Gasteiger partial charge in [-0.15, -0.1) is 0 Å². The average molecular weight is 331 g/mol. The summed E-state index contributed by atoms with van der Waals surface area (Å²) in [6.45, 7) is 4.90. The van der Waals surface area contributed by atoms with Crippen LogP contribution in [0.4, 0.5) is 0 Å². The number of hydrogen-bond donors (Lipinski definition) is 5. The van der Waals surface area contributed by atoms with Crippen molar-refractivity contribution in [2.45, 2.75) is 58.2 Å². The summed E-state index contributed by atoms with van der Waals surface area (Å²) in [5.41, 5.74) is 5.53. The van der Waals surface area contributed by atoms with Crippen LogP contribution in [-0.2, 0) is 19.2 Å². The molecule has 0 aliphatic carbocycles. The highest BCUT2D eigenvalue weighted by Crippen LogP contribution is 2.08. The molecule has 0 aromatic heterocycles. The van der Waals surface area contributed by atoms with Gasteiger partial charge >= 0.3 is 11.9 Å². The lowest BCUT2D eigenvalue weighted by atomic mass is 9.99. The van der Waals surface area contributed by atoms with Crippen LogP contribution >= 0.6 is 0 Å². The van der Waals surface area contributed by atoms with Gasteiger partial charge in [0.2, 0.25) is 11.8 Å². The fraction of sp³-hybridized carbons (Fsp3) is 0.714. The van der Waals surface area contributed by atoms with Crippen LogP contribution in [-0.4, -0.2) is 52.1 Å². The molecule has 0 aliphatic heterocycles. The van der Waals surface area contributed by atoms with Crippen molar-refractivity contribution in [2.24, 2.45) is 11.7 Å². The summed E-state index contributed by atoms with van der Waals surface area (Å²) in [6, 6.07) is -3.08. The van der Waals surface area contributed by atoms with Crippen molar-refractivity contribution in [3.63, 3.8) is 0 Å². The number of carboxylic acids is 2. The van der Waals surface area contributed by atoms with Gasteiger partial charge in [-0.1, -0.05) is 20.3 Å². The van der Waals surface area contributed by atoms with Gasteiger partial charge in [-0.2, -0.15) is 0 Å². The van der Waals surface area contributed by atoms with E-state index in [1.165, 1.54) is 6.92 Å². The highest BCUT2D eigenvalue weighted by atomic mass is 16.4. The van der Waals surface area contributed by atoms with Crippen molar-refractivity contribution < 1.29 is 29.4 Å². The third-order valence-corrected chi connectivity index (χ3v) is 3.53. The van der Waals surface area contributed by atoms with Crippen LogP contribution in [0, 0.1) is 5.92 Å². The molecule has 4 unspecified atom stereocenters. The Morgan fingerprint density at radius 1 is 1.04 bits per heavy atom. The number of carboxylic acid groups (broad SMARTS) is 2. The van der Waals surface area contributed by atoms with Crippen LogP contribution < -0.4 is 16.4 Å².